The lowest BCUT2D eigenvalue weighted by Crippen LogP contribution is -2.48. The van der Waals surface area contributed by atoms with Gasteiger partial charge in [0.05, 0.1) is 5.69 Å². The van der Waals surface area contributed by atoms with E-state index in [9.17, 15) is 8.42 Å². The van der Waals surface area contributed by atoms with Crippen LogP contribution in [0.3, 0.4) is 0 Å². The number of aromatic nitrogens is 1. The molecule has 1 saturated heterocycles. The molecule has 8 heteroatoms. The number of thiazole rings is 1. The lowest BCUT2D eigenvalue weighted by Gasteiger charge is -2.34. The highest BCUT2D eigenvalue weighted by atomic mass is 32.2. The predicted molar refractivity (Wildman–Crippen MR) is 87.4 cm³/mol. The van der Waals surface area contributed by atoms with E-state index < -0.39 is 15.2 Å². The highest BCUT2D eigenvalue weighted by molar-refractivity contribution is 8.01. The van der Waals surface area contributed by atoms with Crippen LogP contribution < -0.4 is 10.2 Å². The van der Waals surface area contributed by atoms with Gasteiger partial charge >= 0.3 is 0 Å². The summed E-state index contributed by atoms with van der Waals surface area (Å²) in [5, 5.41) is 5.65. The number of sulfone groups is 1. The first kappa shape index (κ1) is 16.1. The van der Waals surface area contributed by atoms with Gasteiger partial charge in [0, 0.05) is 35.7 Å². The minimum atomic E-state index is -3.07. The Balaban J connectivity index is 2.17. The van der Waals surface area contributed by atoms with Gasteiger partial charge in [-0.3, -0.25) is 0 Å². The highest BCUT2D eigenvalue weighted by Gasteiger charge is 2.34. The fourth-order valence-corrected chi connectivity index (χ4v) is 5.99. The van der Waals surface area contributed by atoms with Crippen molar-refractivity contribution in [2.45, 2.75) is 25.8 Å². The van der Waals surface area contributed by atoms with E-state index in [-0.39, 0.29) is 5.75 Å². The topological polar surface area (TPSA) is 62.3 Å². The molecule has 1 atom stereocenters. The monoisotopic (exact) mass is 335 g/mol. The molecule has 1 fully saturated rings. The first-order valence-corrected chi connectivity index (χ1v) is 10.5. The van der Waals surface area contributed by atoms with E-state index in [0.717, 1.165) is 36.2 Å². The van der Waals surface area contributed by atoms with Crippen LogP contribution >= 0.6 is 23.1 Å². The third kappa shape index (κ3) is 3.66. The van der Waals surface area contributed by atoms with Gasteiger partial charge < -0.3 is 10.2 Å². The molecule has 1 aliphatic heterocycles. The maximum absolute atomic E-state index is 12.2. The van der Waals surface area contributed by atoms with Crippen LogP contribution in [0.15, 0.2) is 5.38 Å². The van der Waals surface area contributed by atoms with Crippen LogP contribution in [-0.2, 0) is 16.4 Å². The fraction of sp³-hybridized carbons (Fsp3) is 0.750. The van der Waals surface area contributed by atoms with Crippen LogP contribution in [0.4, 0.5) is 5.13 Å². The normalized spacial score (nSPS) is 20.3. The predicted octanol–water partition coefficient (Wildman–Crippen LogP) is 1.57. The van der Waals surface area contributed by atoms with Gasteiger partial charge in [-0.2, -0.15) is 11.8 Å². The molecule has 5 nitrogen and oxygen atoms in total. The van der Waals surface area contributed by atoms with E-state index in [0.29, 0.717) is 5.75 Å². The molecule has 2 rings (SSSR count). The third-order valence-electron chi connectivity index (χ3n) is 3.24. The number of hydrogen-bond acceptors (Lipinski definition) is 7. The molecule has 0 spiro atoms. The van der Waals surface area contributed by atoms with Crippen molar-refractivity contribution in [3.05, 3.63) is 11.1 Å². The quantitative estimate of drug-likeness (QED) is 0.851. The summed E-state index contributed by atoms with van der Waals surface area (Å²) in [7, 11) is -3.07. The summed E-state index contributed by atoms with van der Waals surface area (Å²) in [5.74, 6) is 1.78. The Kier molecular flexibility index (Phi) is 5.71. The molecule has 1 aliphatic rings. The Hall–Kier alpha value is -0.310. The molecule has 1 unspecified atom stereocenters. The van der Waals surface area contributed by atoms with Crippen molar-refractivity contribution >= 4 is 38.1 Å². The van der Waals surface area contributed by atoms with Crippen molar-refractivity contribution in [2.24, 2.45) is 0 Å². The molecule has 0 amide bonds. The molecule has 1 aromatic rings. The molecule has 1 aromatic heterocycles. The Bertz CT molecular complexity index is 530. The Morgan fingerprint density at radius 3 is 3.00 bits per heavy atom. The first-order chi connectivity index (χ1) is 9.58. The summed E-state index contributed by atoms with van der Waals surface area (Å²) in [4.78, 5) is 6.55. The summed E-state index contributed by atoms with van der Waals surface area (Å²) in [6.45, 7) is 6.16. The van der Waals surface area contributed by atoms with Gasteiger partial charge in [0.2, 0.25) is 0 Å². The summed E-state index contributed by atoms with van der Waals surface area (Å²) in [5.41, 5.74) is 0.984. The van der Waals surface area contributed by atoms with Crippen molar-refractivity contribution in [1.29, 1.82) is 0 Å². The maximum Gasteiger partial charge on any atom is 0.186 e. The lowest BCUT2D eigenvalue weighted by molar-refractivity contribution is 0.579. The van der Waals surface area contributed by atoms with E-state index in [1.807, 2.05) is 10.3 Å². The smallest absolute Gasteiger partial charge is 0.186 e. The second kappa shape index (κ2) is 7.11. The molecule has 0 radical (unpaired) electrons. The van der Waals surface area contributed by atoms with Gasteiger partial charge in [0.1, 0.15) is 5.37 Å². The van der Waals surface area contributed by atoms with Gasteiger partial charge in [0.25, 0.3) is 0 Å². The number of nitrogens with one attached hydrogen (secondary N) is 1. The average molecular weight is 336 g/mol. The van der Waals surface area contributed by atoms with E-state index in [1.165, 1.54) is 11.3 Å². The van der Waals surface area contributed by atoms with Gasteiger partial charge in [-0.25, -0.2) is 13.4 Å². The lowest BCUT2D eigenvalue weighted by atomic mass is 10.5. The van der Waals surface area contributed by atoms with Gasteiger partial charge in [-0.1, -0.05) is 13.8 Å². The SMILES string of the molecule is CCNCc1csc(N2CCSCC2S(=O)(=O)CC)n1. The fourth-order valence-electron chi connectivity index (χ4n) is 2.05. The van der Waals surface area contributed by atoms with Crippen LogP contribution in [0.5, 0.6) is 0 Å². The van der Waals surface area contributed by atoms with Crippen molar-refractivity contribution in [2.75, 3.05) is 35.2 Å². The standard InChI is InChI=1S/C12H21N3O2S3/c1-3-13-7-10-8-19-12(14-10)15-5-6-18-9-11(15)20(16,17)4-2/h8,11,13H,3-7,9H2,1-2H3. The molecule has 2 heterocycles. The number of hydrogen-bond donors (Lipinski definition) is 1. The van der Waals surface area contributed by atoms with Crippen molar-refractivity contribution < 1.29 is 8.42 Å². The Morgan fingerprint density at radius 1 is 1.50 bits per heavy atom. The van der Waals surface area contributed by atoms with E-state index >= 15 is 0 Å². The first-order valence-electron chi connectivity index (χ1n) is 6.79. The van der Waals surface area contributed by atoms with Crippen molar-refractivity contribution in [1.82, 2.24) is 10.3 Å². The number of thioether (sulfide) groups is 1. The third-order valence-corrected chi connectivity index (χ3v) is 7.46. The molecular formula is C12H21N3O2S3. The van der Waals surface area contributed by atoms with E-state index in [2.05, 4.69) is 17.2 Å². The average Bonchev–Trinajstić information content (AvgIpc) is 2.94. The van der Waals surface area contributed by atoms with Crippen LogP contribution in [0.1, 0.15) is 19.5 Å². The van der Waals surface area contributed by atoms with Crippen LogP contribution in [0.2, 0.25) is 0 Å². The summed E-state index contributed by atoms with van der Waals surface area (Å²) in [6, 6.07) is 0. The largest absolute Gasteiger partial charge is 0.329 e. The van der Waals surface area contributed by atoms with Crippen molar-refractivity contribution in [3.8, 4) is 0 Å². The van der Waals surface area contributed by atoms with Crippen LogP contribution in [0, 0.1) is 0 Å². The minimum absolute atomic E-state index is 0.185. The second-order valence-electron chi connectivity index (χ2n) is 4.58. The molecule has 20 heavy (non-hydrogen) atoms. The van der Waals surface area contributed by atoms with Crippen LogP contribution in [0.25, 0.3) is 0 Å². The summed E-state index contributed by atoms with van der Waals surface area (Å²) >= 11 is 3.25. The zero-order chi connectivity index (χ0) is 14.6. The van der Waals surface area contributed by atoms with Gasteiger partial charge in [0.15, 0.2) is 15.0 Å². The van der Waals surface area contributed by atoms with Gasteiger partial charge in [-0.05, 0) is 6.54 Å². The van der Waals surface area contributed by atoms with E-state index in [4.69, 9.17) is 0 Å². The minimum Gasteiger partial charge on any atom is -0.329 e. The molecular weight excluding hydrogens is 314 g/mol. The Labute approximate surface area is 129 Å². The second-order valence-corrected chi connectivity index (χ2v) is 9.01. The number of rotatable bonds is 6. The summed E-state index contributed by atoms with van der Waals surface area (Å²) in [6.07, 6.45) is 0. The van der Waals surface area contributed by atoms with Crippen molar-refractivity contribution in [3.63, 3.8) is 0 Å². The van der Waals surface area contributed by atoms with Crippen LogP contribution in [-0.4, -0.2) is 49.1 Å². The zero-order valence-corrected chi connectivity index (χ0v) is 14.3. The molecule has 1 N–H and O–H groups in total. The molecule has 0 saturated carbocycles. The summed E-state index contributed by atoms with van der Waals surface area (Å²) < 4.78 is 24.5. The number of anilines is 1. The highest BCUT2D eigenvalue weighted by Crippen LogP contribution is 2.29. The number of nitrogens with zero attached hydrogens (tertiary/aromatic N) is 2. The molecule has 0 aromatic carbocycles. The zero-order valence-electron chi connectivity index (χ0n) is 11.8. The molecule has 0 bridgehead atoms. The Morgan fingerprint density at radius 2 is 2.30 bits per heavy atom. The molecule has 114 valence electrons. The molecule has 0 aliphatic carbocycles. The van der Waals surface area contributed by atoms with Gasteiger partial charge in [-0.15, -0.1) is 11.3 Å². The van der Waals surface area contributed by atoms with E-state index in [1.54, 1.807) is 18.7 Å². The maximum atomic E-state index is 12.2.